The number of rotatable bonds is 5. The highest BCUT2D eigenvalue weighted by Gasteiger charge is 2.64. The van der Waals surface area contributed by atoms with Gasteiger partial charge in [-0.05, 0) is 109 Å². The molecule has 11 atom stereocenters. The Morgan fingerprint density at radius 3 is 2.55 bits per heavy atom. The molecule has 1 aromatic carbocycles. The van der Waals surface area contributed by atoms with E-state index in [1.54, 1.807) is 18.2 Å². The van der Waals surface area contributed by atoms with Gasteiger partial charge >= 0.3 is 5.97 Å². The number of aromatic carboxylic acids is 1. The molecule has 4 unspecified atom stereocenters. The molecule has 1 aromatic heterocycles. The van der Waals surface area contributed by atoms with Crippen LogP contribution in [0.1, 0.15) is 95.3 Å². The number of hydrogen-bond donors (Lipinski definition) is 3. The molecule has 208 valence electrons. The third-order valence-corrected chi connectivity index (χ3v) is 12.3. The molecule has 1 heterocycles. The minimum Gasteiger partial charge on any atom is -0.478 e. The van der Waals surface area contributed by atoms with E-state index in [1.807, 2.05) is 0 Å². The highest BCUT2D eigenvalue weighted by molar-refractivity contribution is 6.00. The Labute approximate surface area is 226 Å². The first kappa shape index (κ1) is 26.3. The van der Waals surface area contributed by atoms with Gasteiger partial charge in [-0.3, -0.25) is 0 Å². The molecule has 6 nitrogen and oxygen atoms in total. The Hall–Kier alpha value is -1.92. The predicted octanol–water partition coefficient (Wildman–Crippen LogP) is 6.33. The summed E-state index contributed by atoms with van der Waals surface area (Å²) in [7, 11) is 0. The molecule has 0 aliphatic heterocycles. The van der Waals surface area contributed by atoms with Crippen LogP contribution in [-0.4, -0.2) is 38.5 Å². The van der Waals surface area contributed by atoms with Crippen LogP contribution in [0.15, 0.2) is 22.6 Å². The third-order valence-electron chi connectivity index (χ3n) is 12.3. The van der Waals surface area contributed by atoms with Gasteiger partial charge in [0.2, 0.25) is 0 Å². The van der Waals surface area contributed by atoms with Crippen molar-refractivity contribution >= 4 is 17.1 Å². The zero-order valence-electron chi connectivity index (χ0n) is 23.4. The van der Waals surface area contributed by atoms with Crippen molar-refractivity contribution in [2.24, 2.45) is 52.3 Å². The van der Waals surface area contributed by atoms with E-state index in [9.17, 15) is 20.1 Å². The quantitative estimate of drug-likeness (QED) is 0.423. The van der Waals surface area contributed by atoms with Gasteiger partial charge in [0.05, 0.1) is 17.8 Å². The van der Waals surface area contributed by atoms with Crippen molar-refractivity contribution in [3.05, 3.63) is 29.7 Å². The van der Waals surface area contributed by atoms with Crippen LogP contribution < -0.4 is 0 Å². The summed E-state index contributed by atoms with van der Waals surface area (Å²) in [5.41, 5.74) is 1.56. The predicted molar refractivity (Wildman–Crippen MR) is 146 cm³/mol. The first-order valence-electron chi connectivity index (χ1n) is 15.1. The average molecular weight is 524 g/mol. The Morgan fingerprint density at radius 2 is 1.82 bits per heavy atom. The van der Waals surface area contributed by atoms with Gasteiger partial charge < -0.3 is 19.7 Å². The van der Waals surface area contributed by atoms with Crippen molar-refractivity contribution in [2.75, 3.05) is 0 Å². The van der Waals surface area contributed by atoms with E-state index in [4.69, 9.17) is 4.42 Å². The monoisotopic (exact) mass is 523 g/mol. The van der Waals surface area contributed by atoms with Crippen LogP contribution in [0.5, 0.6) is 0 Å². The second-order valence-electron chi connectivity index (χ2n) is 13.9. The van der Waals surface area contributed by atoms with Crippen LogP contribution >= 0.6 is 0 Å². The molecule has 4 aliphatic rings. The molecule has 0 amide bonds. The molecule has 0 spiro atoms. The molecule has 0 radical (unpaired) electrons. The molecular weight excluding hydrogens is 478 g/mol. The zero-order chi connectivity index (χ0) is 27.0. The van der Waals surface area contributed by atoms with Gasteiger partial charge in [0.25, 0.3) is 0 Å². The van der Waals surface area contributed by atoms with Gasteiger partial charge in [0.15, 0.2) is 11.5 Å². The maximum Gasteiger partial charge on any atom is 0.338 e. The van der Waals surface area contributed by atoms with Gasteiger partial charge in [-0.25, -0.2) is 9.78 Å². The number of oxazole rings is 1. The fourth-order valence-electron chi connectivity index (χ4n) is 10.6. The standard InChI is InChI=1S/C32H45NO5/c1-5-19-24-16-18(34)11-13-32(24,4)23-12-14-31(3)21(9-10-22(31)27(23)29(19)35)17(2)15-26-33-28-20(30(36)37)7-6-8-25(28)38-26/h6-8,17-19,21-24,27,29,34-35H,5,9-16H2,1-4H3,(H,36,37)/t17-,18-,19-,21-,22?,23?,24+,27?,29?,31-,32-/m1/s1. The summed E-state index contributed by atoms with van der Waals surface area (Å²) < 4.78 is 6.04. The van der Waals surface area contributed by atoms with Crippen molar-refractivity contribution in [3.8, 4) is 0 Å². The van der Waals surface area contributed by atoms with E-state index in [2.05, 4.69) is 32.7 Å². The fourth-order valence-corrected chi connectivity index (χ4v) is 10.6. The molecule has 0 bridgehead atoms. The number of carbonyl (C=O) groups is 1. The minimum absolute atomic E-state index is 0.176. The molecule has 6 heteroatoms. The topological polar surface area (TPSA) is 104 Å². The smallest absolute Gasteiger partial charge is 0.338 e. The number of fused-ring (bicyclic) bond motifs is 6. The SMILES string of the molecule is CC[C@H]1C(O)C2C3CC[C@H]([C@H](C)Cc4nc5c(C(=O)O)cccc5o4)[C@@]3(C)CCC2[C@@]2(C)CC[C@@H](O)C[C@@H]12. The molecule has 4 saturated carbocycles. The van der Waals surface area contributed by atoms with Crippen molar-refractivity contribution < 1.29 is 24.5 Å². The molecular formula is C32H45NO5. The van der Waals surface area contributed by atoms with E-state index in [-0.39, 0.29) is 34.5 Å². The number of para-hydroxylation sites is 1. The maximum atomic E-state index is 11.9. The van der Waals surface area contributed by atoms with Crippen molar-refractivity contribution in [3.63, 3.8) is 0 Å². The third kappa shape index (κ3) is 3.80. The maximum absolute atomic E-state index is 11.9. The van der Waals surface area contributed by atoms with E-state index in [0.717, 1.165) is 32.1 Å². The van der Waals surface area contributed by atoms with Crippen molar-refractivity contribution in [1.29, 1.82) is 0 Å². The number of aliphatic hydroxyl groups is 2. The average Bonchev–Trinajstić information content (AvgIpc) is 3.45. The number of carboxylic acid groups (broad SMARTS) is 1. The minimum atomic E-state index is -0.980. The number of nitrogens with zero attached hydrogens (tertiary/aromatic N) is 1. The Kier molecular flexibility index (Phi) is 6.46. The first-order valence-corrected chi connectivity index (χ1v) is 15.1. The summed E-state index contributed by atoms with van der Waals surface area (Å²) in [5, 5.41) is 32.0. The Balaban J connectivity index is 1.26. The lowest BCUT2D eigenvalue weighted by atomic mass is 9.41. The lowest BCUT2D eigenvalue weighted by molar-refractivity contribution is -0.203. The van der Waals surface area contributed by atoms with Crippen LogP contribution in [0.3, 0.4) is 0 Å². The van der Waals surface area contributed by atoms with Crippen LogP contribution in [0.4, 0.5) is 0 Å². The van der Waals surface area contributed by atoms with Crippen LogP contribution in [-0.2, 0) is 6.42 Å². The summed E-state index contributed by atoms with van der Waals surface area (Å²) in [5.74, 6) is 2.62. The number of aliphatic hydroxyl groups excluding tert-OH is 2. The molecule has 4 fully saturated rings. The number of benzene rings is 1. The van der Waals surface area contributed by atoms with Gasteiger partial charge in [0.1, 0.15) is 5.52 Å². The largest absolute Gasteiger partial charge is 0.478 e. The van der Waals surface area contributed by atoms with E-state index in [0.29, 0.717) is 58.9 Å². The van der Waals surface area contributed by atoms with E-state index in [1.165, 1.54) is 19.3 Å². The molecule has 0 saturated heterocycles. The lowest BCUT2D eigenvalue weighted by Crippen LogP contribution is -2.62. The normalized spacial score (nSPS) is 43.3. The van der Waals surface area contributed by atoms with Crippen molar-refractivity contribution in [1.82, 2.24) is 4.98 Å². The summed E-state index contributed by atoms with van der Waals surface area (Å²) in [4.78, 5) is 16.3. The molecule has 3 N–H and O–H groups in total. The summed E-state index contributed by atoms with van der Waals surface area (Å²) in [6.07, 6.45) is 8.72. The van der Waals surface area contributed by atoms with Crippen LogP contribution in [0.2, 0.25) is 0 Å². The summed E-state index contributed by atoms with van der Waals surface area (Å²) >= 11 is 0. The highest BCUT2D eigenvalue weighted by Crippen LogP contribution is 2.69. The summed E-state index contributed by atoms with van der Waals surface area (Å²) in [6, 6.07) is 5.09. The Bertz CT molecular complexity index is 1210. The molecule has 4 aliphatic carbocycles. The molecule has 38 heavy (non-hydrogen) atoms. The van der Waals surface area contributed by atoms with Gasteiger partial charge in [0, 0.05) is 6.42 Å². The van der Waals surface area contributed by atoms with Gasteiger partial charge in [-0.15, -0.1) is 0 Å². The molecule has 2 aromatic rings. The van der Waals surface area contributed by atoms with E-state index >= 15 is 0 Å². The van der Waals surface area contributed by atoms with E-state index < -0.39 is 5.97 Å². The lowest BCUT2D eigenvalue weighted by Gasteiger charge is -2.64. The number of carboxylic acids is 1. The zero-order valence-corrected chi connectivity index (χ0v) is 23.4. The fraction of sp³-hybridized carbons (Fsp3) is 0.750. The number of hydrogen-bond acceptors (Lipinski definition) is 5. The highest BCUT2D eigenvalue weighted by atomic mass is 16.4. The first-order chi connectivity index (χ1) is 18.1. The summed E-state index contributed by atoms with van der Waals surface area (Å²) in [6.45, 7) is 9.52. The van der Waals surface area contributed by atoms with Crippen LogP contribution in [0.25, 0.3) is 11.1 Å². The number of aromatic nitrogens is 1. The molecule has 6 rings (SSSR count). The van der Waals surface area contributed by atoms with Gasteiger partial charge in [-0.2, -0.15) is 0 Å². The second-order valence-corrected chi connectivity index (χ2v) is 13.9. The van der Waals surface area contributed by atoms with Crippen molar-refractivity contribution in [2.45, 2.75) is 97.7 Å². The van der Waals surface area contributed by atoms with Crippen LogP contribution in [0, 0.1) is 52.3 Å². The van der Waals surface area contributed by atoms with Gasteiger partial charge in [-0.1, -0.05) is 40.2 Å². The second kappa shape index (κ2) is 9.33. The Morgan fingerprint density at radius 1 is 1.08 bits per heavy atom.